The van der Waals surface area contributed by atoms with Gasteiger partial charge in [0.1, 0.15) is 0 Å². The molecular formula is C72H82BN3. The van der Waals surface area contributed by atoms with Gasteiger partial charge in [-0.3, -0.25) is 0 Å². The van der Waals surface area contributed by atoms with Crippen LogP contribution in [0.2, 0.25) is 0 Å². The van der Waals surface area contributed by atoms with Gasteiger partial charge in [-0.05, 0) is 181 Å². The summed E-state index contributed by atoms with van der Waals surface area (Å²) in [6, 6.07) is 52.6. The Hall–Kier alpha value is -6.00. The molecule has 3 unspecified atom stereocenters. The minimum atomic E-state index is -0.166. The predicted octanol–water partition coefficient (Wildman–Crippen LogP) is 17.7. The molecule has 7 aromatic carbocycles. The number of fused-ring (bicyclic) bond motifs is 13. The zero-order valence-corrected chi connectivity index (χ0v) is 49.1. The van der Waals surface area contributed by atoms with Gasteiger partial charge >= 0.3 is 0 Å². The van der Waals surface area contributed by atoms with E-state index in [0.717, 1.165) is 19.3 Å². The lowest BCUT2D eigenvalue weighted by molar-refractivity contribution is 0.330. The van der Waals surface area contributed by atoms with Crippen LogP contribution < -0.4 is 31.1 Å². The maximum atomic E-state index is 2.84. The minimum Gasteiger partial charge on any atom is -0.334 e. The molecule has 4 aliphatic heterocycles. The molecule has 3 nitrogen and oxygen atoms in total. The molecule has 13 rings (SSSR count). The van der Waals surface area contributed by atoms with Crippen LogP contribution in [0.3, 0.4) is 0 Å². The first-order valence-corrected chi connectivity index (χ1v) is 29.0. The lowest BCUT2D eigenvalue weighted by Gasteiger charge is -2.50. The van der Waals surface area contributed by atoms with E-state index in [1.807, 2.05) is 0 Å². The maximum Gasteiger partial charge on any atom is 0.252 e. The van der Waals surface area contributed by atoms with Crippen LogP contribution in [0, 0.1) is 0 Å². The molecule has 2 aliphatic carbocycles. The van der Waals surface area contributed by atoms with Crippen LogP contribution in [-0.2, 0) is 37.9 Å². The van der Waals surface area contributed by atoms with Gasteiger partial charge in [0, 0.05) is 56.2 Å². The van der Waals surface area contributed by atoms with Crippen LogP contribution in [0.5, 0.6) is 0 Å². The van der Waals surface area contributed by atoms with Crippen molar-refractivity contribution in [2.24, 2.45) is 0 Å². The molecule has 3 atom stereocenters. The average Bonchev–Trinajstić information content (AvgIpc) is 3.84. The van der Waals surface area contributed by atoms with Crippen molar-refractivity contribution < 1.29 is 0 Å². The first-order valence-electron chi connectivity index (χ1n) is 29.0. The van der Waals surface area contributed by atoms with Crippen molar-refractivity contribution >= 4 is 68.6 Å². The smallest absolute Gasteiger partial charge is 0.252 e. The fourth-order valence-corrected chi connectivity index (χ4v) is 15.3. The van der Waals surface area contributed by atoms with Crippen molar-refractivity contribution in [3.63, 3.8) is 0 Å². The average molecular weight is 1000 g/mol. The molecule has 1 fully saturated rings. The zero-order chi connectivity index (χ0) is 53.8. The lowest BCUT2D eigenvalue weighted by Crippen LogP contribution is -2.62. The number of anilines is 8. The number of rotatable bonds is 2. The van der Waals surface area contributed by atoms with E-state index in [1.165, 1.54) is 130 Å². The van der Waals surface area contributed by atoms with Gasteiger partial charge in [-0.15, -0.1) is 0 Å². The second kappa shape index (κ2) is 15.6. The Morgan fingerprint density at radius 1 is 0.421 bits per heavy atom. The van der Waals surface area contributed by atoms with Gasteiger partial charge in [0.15, 0.2) is 0 Å². The topological polar surface area (TPSA) is 9.72 Å². The van der Waals surface area contributed by atoms with Crippen molar-refractivity contribution in [1.29, 1.82) is 0 Å². The predicted molar refractivity (Wildman–Crippen MR) is 328 cm³/mol. The summed E-state index contributed by atoms with van der Waals surface area (Å²) in [5.41, 5.74) is 28.1. The fraction of sp³-hybridized carbons (Fsp3) is 0.417. The normalized spacial score (nSPS) is 22.7. The monoisotopic (exact) mass is 1000 g/mol. The first kappa shape index (κ1) is 49.6. The van der Waals surface area contributed by atoms with E-state index < -0.39 is 0 Å². The summed E-state index contributed by atoms with van der Waals surface area (Å²) in [4.78, 5) is 8.27. The largest absolute Gasteiger partial charge is 0.334 e. The van der Waals surface area contributed by atoms with Crippen molar-refractivity contribution in [1.82, 2.24) is 0 Å². The summed E-state index contributed by atoms with van der Waals surface area (Å²) in [6.07, 6.45) is 5.75. The summed E-state index contributed by atoms with van der Waals surface area (Å²) >= 11 is 0. The molecule has 76 heavy (non-hydrogen) atoms. The van der Waals surface area contributed by atoms with Crippen LogP contribution >= 0.6 is 0 Å². The van der Waals surface area contributed by atoms with Crippen LogP contribution in [0.15, 0.2) is 127 Å². The second-order valence-corrected chi connectivity index (χ2v) is 29.8. The Morgan fingerprint density at radius 2 is 1.00 bits per heavy atom. The van der Waals surface area contributed by atoms with Crippen molar-refractivity contribution in [2.45, 2.75) is 193 Å². The SMILES string of the molecule is CC(C)(C)c1ccc(N2c3ccc(C(C)(C)C)cc3B3c4cc5c6cc4N(c4ccc(C(C)(C)C)cc4-c4cccc(c4)C6(C)CCC5(C)C)c4cc(N5c6ccc(C(C)(C)C)cc6C6(C)CCCC56C)cc2c43)cc1. The zero-order valence-electron chi connectivity index (χ0n) is 49.1. The summed E-state index contributed by atoms with van der Waals surface area (Å²) in [7, 11) is 0. The molecule has 6 aliphatic rings. The number of hydrogen-bond acceptors (Lipinski definition) is 3. The molecule has 0 radical (unpaired) electrons. The Morgan fingerprint density at radius 3 is 1.66 bits per heavy atom. The second-order valence-electron chi connectivity index (χ2n) is 29.8. The van der Waals surface area contributed by atoms with E-state index in [9.17, 15) is 0 Å². The highest BCUT2D eigenvalue weighted by atomic mass is 15.3. The highest BCUT2D eigenvalue weighted by Gasteiger charge is 2.60. The molecule has 0 amide bonds. The Kier molecular flexibility index (Phi) is 10.2. The van der Waals surface area contributed by atoms with Crippen LogP contribution in [0.25, 0.3) is 11.1 Å². The van der Waals surface area contributed by atoms with Crippen molar-refractivity contribution in [2.75, 3.05) is 14.7 Å². The molecule has 4 heteroatoms. The van der Waals surface area contributed by atoms with Crippen LogP contribution in [0.4, 0.5) is 45.5 Å². The van der Waals surface area contributed by atoms with Crippen molar-refractivity contribution in [3.8, 4) is 11.1 Å². The highest BCUT2D eigenvalue weighted by Crippen LogP contribution is 2.64. The third-order valence-corrected chi connectivity index (χ3v) is 20.5. The van der Waals surface area contributed by atoms with E-state index in [1.54, 1.807) is 0 Å². The number of hydrogen-bond donors (Lipinski definition) is 0. The van der Waals surface area contributed by atoms with Gasteiger partial charge in [-0.25, -0.2) is 0 Å². The Bertz CT molecular complexity index is 3600. The molecule has 4 heterocycles. The summed E-state index contributed by atoms with van der Waals surface area (Å²) < 4.78 is 0. The first-order chi connectivity index (χ1) is 35.5. The third-order valence-electron chi connectivity index (χ3n) is 20.5. The van der Waals surface area contributed by atoms with Crippen LogP contribution in [-0.4, -0.2) is 12.3 Å². The van der Waals surface area contributed by atoms with E-state index in [0.29, 0.717) is 0 Å². The Labute approximate surface area is 457 Å². The Balaban J connectivity index is 1.20. The summed E-state index contributed by atoms with van der Waals surface area (Å²) in [5, 5.41) is 0. The molecule has 4 bridgehead atoms. The van der Waals surface area contributed by atoms with E-state index >= 15 is 0 Å². The van der Waals surface area contributed by atoms with Crippen LogP contribution in [0.1, 0.15) is 194 Å². The highest BCUT2D eigenvalue weighted by molar-refractivity contribution is 7.00. The number of benzene rings is 7. The van der Waals surface area contributed by atoms with Gasteiger partial charge in [0.25, 0.3) is 6.71 Å². The molecule has 0 N–H and O–H groups in total. The fourth-order valence-electron chi connectivity index (χ4n) is 15.3. The molecule has 388 valence electrons. The standard InChI is InChI=1S/C72H82BN3/c1-65(2,3)45-22-27-50(28-23-45)74-60-31-26-48(68(10,11)12)39-56(60)73-57-42-53-54-43-61(57)75(58-29-24-46(66(4,5)6)37-52(58)44-20-18-21-49(36-44)70(54,15)35-34-69(53,13)14)63-41-51(40-62(74)64(63)73)76-59-30-25-47(67(7,8)9)38-55(59)71(16)32-19-33-72(71,76)17/h18,20-31,36-43H,19,32-35H2,1-17H3. The van der Waals surface area contributed by atoms with Gasteiger partial charge in [-0.2, -0.15) is 0 Å². The molecule has 7 aromatic rings. The quantitative estimate of drug-likeness (QED) is 0.160. The lowest BCUT2D eigenvalue weighted by atomic mass is 9.33. The van der Waals surface area contributed by atoms with E-state index in [2.05, 4.69) is 260 Å². The van der Waals surface area contributed by atoms with Crippen molar-refractivity contribution in [3.05, 3.63) is 172 Å². The number of nitrogens with zero attached hydrogens (tertiary/aromatic N) is 3. The summed E-state index contributed by atoms with van der Waals surface area (Å²) in [5.74, 6) is 0. The van der Waals surface area contributed by atoms with E-state index in [-0.39, 0.29) is 50.2 Å². The minimum absolute atomic E-state index is 0.00607. The molecule has 0 spiro atoms. The van der Waals surface area contributed by atoms with Gasteiger partial charge in [0.05, 0.1) is 11.2 Å². The maximum absolute atomic E-state index is 2.84. The van der Waals surface area contributed by atoms with E-state index in [4.69, 9.17) is 0 Å². The summed E-state index contributed by atoms with van der Waals surface area (Å²) in [6.45, 7) is 41.1. The molecule has 1 saturated carbocycles. The van der Waals surface area contributed by atoms with Gasteiger partial charge in [-0.1, -0.05) is 190 Å². The van der Waals surface area contributed by atoms with Gasteiger partial charge < -0.3 is 14.7 Å². The van der Waals surface area contributed by atoms with Gasteiger partial charge in [0.2, 0.25) is 0 Å². The molecule has 0 aromatic heterocycles. The molecule has 0 saturated heterocycles. The third kappa shape index (κ3) is 6.86. The molecular weight excluding hydrogens is 918 g/mol.